The van der Waals surface area contributed by atoms with E-state index in [-0.39, 0.29) is 0 Å². The molecule has 0 bridgehead atoms. The van der Waals surface area contributed by atoms with E-state index in [1.54, 1.807) is 6.20 Å². The standard InChI is InChI=1S/C6H4BrN3O/c7-5-2-10(11)3-6-4(5)1-8-9-6/h1-3H,(H,8,9). The van der Waals surface area contributed by atoms with Crippen LogP contribution in [0.1, 0.15) is 0 Å². The molecule has 11 heavy (non-hydrogen) atoms. The molecule has 1 N–H and O–H groups in total. The first-order valence-electron chi connectivity index (χ1n) is 2.99. The second-order valence-electron chi connectivity index (χ2n) is 2.16. The Balaban J connectivity index is 2.91. The number of aromatic nitrogens is 3. The summed E-state index contributed by atoms with van der Waals surface area (Å²) in [6.45, 7) is 0. The van der Waals surface area contributed by atoms with Gasteiger partial charge in [0.15, 0.2) is 6.20 Å². The van der Waals surface area contributed by atoms with E-state index >= 15 is 0 Å². The zero-order valence-corrected chi connectivity index (χ0v) is 7.00. The van der Waals surface area contributed by atoms with Gasteiger partial charge in [0.05, 0.1) is 10.7 Å². The van der Waals surface area contributed by atoms with Gasteiger partial charge in [-0.25, -0.2) is 0 Å². The van der Waals surface area contributed by atoms with Crippen molar-refractivity contribution in [2.45, 2.75) is 0 Å². The quantitative estimate of drug-likeness (QED) is 0.524. The van der Waals surface area contributed by atoms with Gasteiger partial charge in [-0.15, -0.1) is 0 Å². The fourth-order valence-corrected chi connectivity index (χ4v) is 1.45. The highest BCUT2D eigenvalue weighted by atomic mass is 79.9. The van der Waals surface area contributed by atoms with Gasteiger partial charge >= 0.3 is 0 Å². The van der Waals surface area contributed by atoms with Crippen molar-refractivity contribution in [1.82, 2.24) is 10.2 Å². The number of hydrogen-bond acceptors (Lipinski definition) is 2. The van der Waals surface area contributed by atoms with Crippen molar-refractivity contribution < 1.29 is 4.73 Å². The molecule has 5 heteroatoms. The van der Waals surface area contributed by atoms with Crippen molar-refractivity contribution in [3.05, 3.63) is 28.3 Å². The van der Waals surface area contributed by atoms with Gasteiger partial charge in [0.25, 0.3) is 0 Å². The molecule has 0 amide bonds. The van der Waals surface area contributed by atoms with Crippen LogP contribution in [0.4, 0.5) is 0 Å². The number of aromatic amines is 1. The van der Waals surface area contributed by atoms with Crippen LogP contribution in [0.15, 0.2) is 23.1 Å². The smallest absolute Gasteiger partial charge is 0.206 e. The SMILES string of the molecule is [O-][n+]1cc(Br)c2cn[nH]c2c1. The molecular weight excluding hydrogens is 210 g/mol. The number of halogens is 1. The van der Waals surface area contributed by atoms with Gasteiger partial charge < -0.3 is 5.21 Å². The molecule has 0 aliphatic heterocycles. The molecule has 0 atom stereocenters. The molecule has 4 nitrogen and oxygen atoms in total. The average molecular weight is 214 g/mol. The molecule has 56 valence electrons. The summed E-state index contributed by atoms with van der Waals surface area (Å²) in [6, 6.07) is 0. The predicted molar refractivity (Wildman–Crippen MR) is 42.8 cm³/mol. The Kier molecular flexibility index (Phi) is 1.32. The van der Waals surface area contributed by atoms with Crippen LogP contribution < -0.4 is 4.73 Å². The summed E-state index contributed by atoms with van der Waals surface area (Å²) >= 11 is 3.25. The van der Waals surface area contributed by atoms with Crippen LogP contribution in [-0.2, 0) is 0 Å². The first-order chi connectivity index (χ1) is 5.27. The monoisotopic (exact) mass is 213 g/mol. The van der Waals surface area contributed by atoms with Crippen molar-refractivity contribution in [3.63, 3.8) is 0 Å². The lowest BCUT2D eigenvalue weighted by Gasteiger charge is -1.95. The Morgan fingerprint density at radius 1 is 1.55 bits per heavy atom. The molecule has 0 unspecified atom stereocenters. The van der Waals surface area contributed by atoms with Gasteiger partial charge in [-0.1, -0.05) is 0 Å². The Labute approximate surface area is 70.6 Å². The van der Waals surface area contributed by atoms with Crippen LogP contribution in [0.5, 0.6) is 0 Å². The summed E-state index contributed by atoms with van der Waals surface area (Å²) in [5.74, 6) is 0. The van der Waals surface area contributed by atoms with Crippen LogP contribution >= 0.6 is 15.9 Å². The Hall–Kier alpha value is -1.10. The lowest BCUT2D eigenvalue weighted by molar-refractivity contribution is -0.604. The minimum Gasteiger partial charge on any atom is -0.619 e. The first-order valence-corrected chi connectivity index (χ1v) is 3.78. The molecule has 0 aliphatic carbocycles. The van der Waals surface area contributed by atoms with Gasteiger partial charge in [-0.2, -0.15) is 9.83 Å². The third-order valence-electron chi connectivity index (χ3n) is 1.42. The summed E-state index contributed by atoms with van der Waals surface area (Å²) in [7, 11) is 0. The molecule has 2 heterocycles. The minimum atomic E-state index is 0.727. The number of rotatable bonds is 0. The van der Waals surface area contributed by atoms with E-state index in [4.69, 9.17) is 0 Å². The van der Waals surface area contributed by atoms with Gasteiger partial charge in [-0.3, -0.25) is 5.10 Å². The lowest BCUT2D eigenvalue weighted by Crippen LogP contribution is -2.24. The van der Waals surface area contributed by atoms with E-state index < -0.39 is 0 Å². The number of nitrogens with zero attached hydrogens (tertiary/aromatic N) is 2. The van der Waals surface area contributed by atoms with Crippen molar-refractivity contribution in [2.75, 3.05) is 0 Å². The third kappa shape index (κ3) is 0.970. The van der Waals surface area contributed by atoms with Crippen LogP contribution in [0.25, 0.3) is 10.9 Å². The van der Waals surface area contributed by atoms with E-state index in [2.05, 4.69) is 26.1 Å². The highest BCUT2D eigenvalue weighted by Gasteiger charge is 2.04. The van der Waals surface area contributed by atoms with Crippen LogP contribution in [-0.4, -0.2) is 10.2 Å². The summed E-state index contributed by atoms with van der Waals surface area (Å²) in [5, 5.41) is 18.3. The highest BCUT2D eigenvalue weighted by Crippen LogP contribution is 2.18. The lowest BCUT2D eigenvalue weighted by atomic mass is 10.3. The van der Waals surface area contributed by atoms with Crippen LogP contribution in [0.2, 0.25) is 0 Å². The fourth-order valence-electron chi connectivity index (χ4n) is 0.931. The number of hydrogen-bond donors (Lipinski definition) is 1. The molecule has 2 aromatic rings. The molecule has 0 aliphatic rings. The number of fused-ring (bicyclic) bond motifs is 1. The molecular formula is C6H4BrN3O. The Morgan fingerprint density at radius 2 is 2.36 bits per heavy atom. The molecule has 0 aromatic carbocycles. The minimum absolute atomic E-state index is 0.727. The summed E-state index contributed by atoms with van der Waals surface area (Å²) in [6.07, 6.45) is 4.55. The van der Waals surface area contributed by atoms with Crippen LogP contribution in [0.3, 0.4) is 0 Å². The highest BCUT2D eigenvalue weighted by molar-refractivity contribution is 9.10. The largest absolute Gasteiger partial charge is 0.619 e. The molecule has 2 rings (SSSR count). The van der Waals surface area contributed by atoms with Gasteiger partial charge in [0.1, 0.15) is 5.52 Å². The first kappa shape index (κ1) is 6.60. The molecule has 0 saturated heterocycles. The van der Waals surface area contributed by atoms with E-state index in [1.165, 1.54) is 12.4 Å². The molecule has 0 fully saturated rings. The third-order valence-corrected chi connectivity index (χ3v) is 2.05. The topological polar surface area (TPSA) is 55.6 Å². The Bertz CT molecular complexity index is 398. The second-order valence-corrected chi connectivity index (χ2v) is 3.02. The molecule has 0 spiro atoms. The summed E-state index contributed by atoms with van der Waals surface area (Å²) in [5.41, 5.74) is 0.731. The normalized spacial score (nSPS) is 10.6. The summed E-state index contributed by atoms with van der Waals surface area (Å²) in [4.78, 5) is 0. The Morgan fingerprint density at radius 3 is 3.18 bits per heavy atom. The fraction of sp³-hybridized carbons (Fsp3) is 0. The maximum atomic E-state index is 10.8. The van der Waals surface area contributed by atoms with Crippen molar-refractivity contribution in [1.29, 1.82) is 0 Å². The van der Waals surface area contributed by atoms with Gasteiger partial charge in [0, 0.05) is 5.39 Å². The molecule has 2 aromatic heterocycles. The van der Waals surface area contributed by atoms with Crippen molar-refractivity contribution in [3.8, 4) is 0 Å². The van der Waals surface area contributed by atoms with Crippen molar-refractivity contribution >= 4 is 26.8 Å². The van der Waals surface area contributed by atoms with Gasteiger partial charge in [0.2, 0.25) is 6.20 Å². The second kappa shape index (κ2) is 2.20. The maximum Gasteiger partial charge on any atom is 0.206 e. The maximum absolute atomic E-state index is 10.8. The molecule has 0 saturated carbocycles. The van der Waals surface area contributed by atoms with Gasteiger partial charge in [-0.05, 0) is 15.9 Å². The zero-order chi connectivity index (χ0) is 7.84. The van der Waals surface area contributed by atoms with Crippen LogP contribution in [0, 0.1) is 5.21 Å². The predicted octanol–water partition coefficient (Wildman–Crippen LogP) is 0.959. The number of pyridine rings is 1. The van der Waals surface area contributed by atoms with E-state index in [9.17, 15) is 5.21 Å². The van der Waals surface area contributed by atoms with E-state index in [0.29, 0.717) is 0 Å². The average Bonchev–Trinajstić information content (AvgIpc) is 2.34. The number of H-pyrrole nitrogens is 1. The van der Waals surface area contributed by atoms with E-state index in [0.717, 1.165) is 20.1 Å². The van der Waals surface area contributed by atoms with E-state index in [1.807, 2.05) is 0 Å². The summed E-state index contributed by atoms with van der Waals surface area (Å²) < 4.78 is 1.48. The van der Waals surface area contributed by atoms with Crippen molar-refractivity contribution in [2.24, 2.45) is 0 Å². The number of nitrogens with one attached hydrogen (secondary N) is 1. The molecule has 0 radical (unpaired) electrons. The zero-order valence-electron chi connectivity index (χ0n) is 5.41.